The van der Waals surface area contributed by atoms with E-state index in [2.05, 4.69) is 0 Å². The molecular weight excluding hydrogens is 110 g/mol. The zero-order valence-corrected chi connectivity index (χ0v) is 4.55. The van der Waals surface area contributed by atoms with Gasteiger partial charge in [0, 0.05) is 5.48 Å². The summed E-state index contributed by atoms with van der Waals surface area (Å²) >= 11 is 0. The highest BCUT2D eigenvalue weighted by Gasteiger charge is 2.02. The van der Waals surface area contributed by atoms with Gasteiger partial charge in [-0.05, 0) is 0 Å². The molecule has 1 heterocycles. The molecule has 4 heteroatoms. The Kier molecular flexibility index (Phi) is 3.72. The topological polar surface area (TPSA) is 65.2 Å². The van der Waals surface area contributed by atoms with Crippen molar-refractivity contribution in [3.05, 3.63) is 5.21 Å². The lowest BCUT2D eigenvalue weighted by molar-refractivity contribution is -0.857. The number of hydroxylamine groups is 2. The van der Waals surface area contributed by atoms with Crippen molar-refractivity contribution in [3.8, 4) is 0 Å². The Balaban J connectivity index is 0.000000490. The molecule has 0 bridgehead atoms. The van der Waals surface area contributed by atoms with Crippen molar-refractivity contribution < 1.29 is 15.3 Å². The summed E-state index contributed by atoms with van der Waals surface area (Å²) in [7, 11) is 0. The molecule has 1 fully saturated rings. The summed E-state index contributed by atoms with van der Waals surface area (Å²) in [5, 5.41) is 10.7. The minimum Gasteiger partial charge on any atom is -0.634 e. The van der Waals surface area contributed by atoms with Gasteiger partial charge in [0.15, 0.2) is 0 Å². The van der Waals surface area contributed by atoms with Crippen LogP contribution in [0.4, 0.5) is 0 Å². The Labute approximate surface area is 47.9 Å². The lowest BCUT2D eigenvalue weighted by atomic mass is 10.5. The van der Waals surface area contributed by atoms with Crippen molar-refractivity contribution in [1.82, 2.24) is 0 Å². The van der Waals surface area contributed by atoms with Gasteiger partial charge in [-0.1, -0.05) is 0 Å². The summed E-state index contributed by atoms with van der Waals surface area (Å²) in [6.45, 7) is 2.53. The van der Waals surface area contributed by atoms with Gasteiger partial charge in [-0.25, -0.2) is 0 Å². The monoisotopic (exact) mass is 119 g/mol. The van der Waals surface area contributed by atoms with E-state index in [1.165, 1.54) is 0 Å². The van der Waals surface area contributed by atoms with Crippen LogP contribution in [0.2, 0.25) is 0 Å². The highest BCUT2D eigenvalue weighted by atomic mass is 16.5. The molecule has 4 nitrogen and oxygen atoms in total. The number of quaternary nitrogens is 1. The molecule has 48 valence electrons. The van der Waals surface area contributed by atoms with Gasteiger partial charge in [0.05, 0.1) is 13.2 Å². The second-order valence-corrected chi connectivity index (χ2v) is 1.65. The van der Waals surface area contributed by atoms with Gasteiger partial charge in [0.25, 0.3) is 0 Å². The van der Waals surface area contributed by atoms with Crippen molar-refractivity contribution in [2.24, 2.45) is 0 Å². The third-order valence-electron chi connectivity index (χ3n) is 1.05. The Morgan fingerprint density at radius 1 is 1.25 bits per heavy atom. The van der Waals surface area contributed by atoms with E-state index >= 15 is 0 Å². The van der Waals surface area contributed by atoms with Crippen LogP contribution in [0.1, 0.15) is 0 Å². The number of hydrogen-bond acceptors (Lipinski definition) is 2. The third kappa shape index (κ3) is 2.23. The maximum atomic E-state index is 10.4. The predicted octanol–water partition coefficient (Wildman–Crippen LogP) is -1.72. The van der Waals surface area contributed by atoms with E-state index in [9.17, 15) is 5.21 Å². The van der Waals surface area contributed by atoms with E-state index in [1.54, 1.807) is 0 Å². The van der Waals surface area contributed by atoms with Gasteiger partial charge >= 0.3 is 0 Å². The predicted molar refractivity (Wildman–Crippen MR) is 25.6 cm³/mol. The Bertz CT molecular complexity index is 53.2. The molecule has 0 aliphatic carbocycles. The SMILES string of the molecule is [O-][NH+]1CCOCC1.[O]. The summed E-state index contributed by atoms with van der Waals surface area (Å²) in [4.78, 5) is 0. The van der Waals surface area contributed by atoms with E-state index in [0.29, 0.717) is 31.4 Å². The highest BCUT2D eigenvalue weighted by molar-refractivity contribution is 4.36. The molecule has 2 radical (unpaired) electrons. The van der Waals surface area contributed by atoms with Crippen molar-refractivity contribution in [2.75, 3.05) is 26.3 Å². The third-order valence-corrected chi connectivity index (χ3v) is 1.05. The van der Waals surface area contributed by atoms with E-state index in [0.717, 1.165) is 0 Å². The molecular formula is C4H9NO3. The standard InChI is InChI=1S/C4H9NO2.O/c6-5-1-3-7-4-2-5;/h5H,1-4H2;. The summed E-state index contributed by atoms with van der Waals surface area (Å²) in [5.41, 5.74) is 0. The molecule has 0 aromatic rings. The maximum Gasteiger partial charge on any atom is 0.101 e. The van der Waals surface area contributed by atoms with Gasteiger partial charge in [-0.3, -0.25) is 0 Å². The zero-order valence-electron chi connectivity index (χ0n) is 4.55. The van der Waals surface area contributed by atoms with Gasteiger partial charge < -0.3 is 15.0 Å². The van der Waals surface area contributed by atoms with Gasteiger partial charge in [0.1, 0.15) is 13.1 Å². The van der Waals surface area contributed by atoms with Gasteiger partial charge in [0.2, 0.25) is 0 Å². The first-order chi connectivity index (χ1) is 3.39. The van der Waals surface area contributed by atoms with Crippen LogP contribution in [0.15, 0.2) is 0 Å². The maximum absolute atomic E-state index is 10.4. The molecule has 0 aromatic heterocycles. The van der Waals surface area contributed by atoms with Crippen LogP contribution in [0, 0.1) is 5.21 Å². The number of hydrogen-bond donors (Lipinski definition) is 1. The van der Waals surface area contributed by atoms with Gasteiger partial charge in [-0.15, -0.1) is 0 Å². The lowest BCUT2D eigenvalue weighted by Gasteiger charge is -2.25. The molecule has 1 aliphatic rings. The van der Waals surface area contributed by atoms with Crippen LogP contribution in [-0.4, -0.2) is 26.3 Å². The van der Waals surface area contributed by atoms with Crippen LogP contribution >= 0.6 is 0 Å². The zero-order chi connectivity index (χ0) is 5.11. The fourth-order valence-corrected chi connectivity index (χ4v) is 0.599. The Hall–Kier alpha value is -0.160. The number of ether oxygens (including phenoxy) is 1. The first-order valence-electron chi connectivity index (χ1n) is 2.49. The first-order valence-corrected chi connectivity index (χ1v) is 2.49. The van der Waals surface area contributed by atoms with E-state index < -0.39 is 0 Å². The molecule has 0 atom stereocenters. The van der Waals surface area contributed by atoms with Crippen LogP contribution in [0.25, 0.3) is 0 Å². The van der Waals surface area contributed by atoms with Crippen LogP contribution in [-0.2, 0) is 10.2 Å². The molecule has 1 saturated heterocycles. The molecule has 1 aliphatic heterocycles. The highest BCUT2D eigenvalue weighted by Crippen LogP contribution is 1.72. The molecule has 0 spiro atoms. The van der Waals surface area contributed by atoms with Crippen molar-refractivity contribution in [2.45, 2.75) is 0 Å². The van der Waals surface area contributed by atoms with Crippen LogP contribution in [0.3, 0.4) is 0 Å². The quantitative estimate of drug-likeness (QED) is 0.385. The van der Waals surface area contributed by atoms with Crippen molar-refractivity contribution in [1.29, 1.82) is 0 Å². The summed E-state index contributed by atoms with van der Waals surface area (Å²) in [6.07, 6.45) is 0. The molecule has 0 amide bonds. The summed E-state index contributed by atoms with van der Waals surface area (Å²) in [6, 6.07) is 0. The molecule has 1 N–H and O–H groups in total. The molecule has 1 rings (SSSR count). The van der Waals surface area contributed by atoms with E-state index in [4.69, 9.17) is 4.74 Å². The van der Waals surface area contributed by atoms with E-state index in [1.807, 2.05) is 0 Å². The first kappa shape index (κ1) is 7.84. The molecule has 0 saturated carbocycles. The normalized spacial score (nSPS) is 22.1. The summed E-state index contributed by atoms with van der Waals surface area (Å²) < 4.78 is 4.92. The fraction of sp³-hybridized carbons (Fsp3) is 1.00. The average Bonchev–Trinajstić information content (AvgIpc) is 1.69. The van der Waals surface area contributed by atoms with Crippen molar-refractivity contribution in [3.63, 3.8) is 0 Å². The number of rotatable bonds is 0. The Morgan fingerprint density at radius 2 is 1.75 bits per heavy atom. The smallest absolute Gasteiger partial charge is 0.101 e. The van der Waals surface area contributed by atoms with Crippen molar-refractivity contribution >= 4 is 0 Å². The molecule has 0 unspecified atom stereocenters. The largest absolute Gasteiger partial charge is 0.634 e. The average molecular weight is 119 g/mol. The molecule has 8 heavy (non-hydrogen) atoms. The second kappa shape index (κ2) is 3.80. The summed E-state index contributed by atoms with van der Waals surface area (Å²) in [5.74, 6) is 0. The van der Waals surface area contributed by atoms with Gasteiger partial charge in [-0.2, -0.15) is 0 Å². The van der Waals surface area contributed by atoms with Crippen LogP contribution < -0.4 is 5.06 Å². The fourth-order valence-electron chi connectivity index (χ4n) is 0.599. The number of nitrogens with one attached hydrogen (secondary N) is 1. The Morgan fingerprint density at radius 3 is 2.00 bits per heavy atom. The lowest BCUT2D eigenvalue weighted by Crippen LogP contribution is -3.09. The minimum atomic E-state index is 0. The second-order valence-electron chi connectivity index (χ2n) is 1.65. The van der Waals surface area contributed by atoms with E-state index in [-0.39, 0.29) is 5.48 Å². The van der Waals surface area contributed by atoms with Crippen LogP contribution in [0.5, 0.6) is 0 Å². The minimum absolute atomic E-state index is 0. The number of morpholine rings is 1. The molecule has 0 aromatic carbocycles.